The van der Waals surface area contributed by atoms with Crippen LogP contribution in [0.15, 0.2) is 18.2 Å². The molecule has 2 atom stereocenters. The van der Waals surface area contributed by atoms with Crippen LogP contribution in [0.4, 0.5) is 0 Å². The smallest absolute Gasteiger partial charge is 0.00819 e. The number of unbranched alkanes of at least 4 members (excludes halogenated alkanes) is 1. The molecule has 0 aliphatic rings. The van der Waals surface area contributed by atoms with Gasteiger partial charge in [-0.25, -0.2) is 0 Å². The molecular formula is C18H31N. The van der Waals surface area contributed by atoms with E-state index in [-0.39, 0.29) is 0 Å². The van der Waals surface area contributed by atoms with Crippen molar-refractivity contribution < 1.29 is 0 Å². The lowest BCUT2D eigenvalue weighted by Gasteiger charge is -2.20. The average molecular weight is 261 g/mol. The predicted octanol–water partition coefficient (Wildman–Crippen LogP) is 4.78. The molecule has 1 heteroatoms. The average Bonchev–Trinajstić information content (AvgIpc) is 2.33. The Labute approximate surface area is 119 Å². The first-order chi connectivity index (χ1) is 9.05. The molecule has 1 aromatic rings. The molecule has 0 saturated carbocycles. The van der Waals surface area contributed by atoms with E-state index in [9.17, 15) is 0 Å². The van der Waals surface area contributed by atoms with E-state index in [1.165, 1.54) is 48.8 Å². The van der Waals surface area contributed by atoms with E-state index in [2.05, 4.69) is 45.9 Å². The highest BCUT2D eigenvalue weighted by Crippen LogP contribution is 2.20. The standard InChI is InChI=1S/C18H31N/c1-5-7-8-16(6-2)12-18(19)13-17-10-14(3)9-15(4)11-17/h9-11,16,18H,5-8,12-13,19H2,1-4H3. The van der Waals surface area contributed by atoms with E-state index in [0.717, 1.165) is 12.3 Å². The maximum Gasteiger partial charge on any atom is 0.00819 e. The molecule has 0 amide bonds. The summed E-state index contributed by atoms with van der Waals surface area (Å²) in [6.45, 7) is 8.89. The maximum absolute atomic E-state index is 6.35. The second kappa shape index (κ2) is 8.37. The van der Waals surface area contributed by atoms with Crippen LogP contribution in [-0.4, -0.2) is 6.04 Å². The zero-order chi connectivity index (χ0) is 14.3. The highest BCUT2D eigenvalue weighted by atomic mass is 14.6. The quantitative estimate of drug-likeness (QED) is 0.716. The van der Waals surface area contributed by atoms with Crippen LogP contribution in [0, 0.1) is 19.8 Å². The number of aryl methyl sites for hydroxylation is 2. The minimum atomic E-state index is 0.308. The number of nitrogens with two attached hydrogens (primary N) is 1. The van der Waals surface area contributed by atoms with Gasteiger partial charge >= 0.3 is 0 Å². The van der Waals surface area contributed by atoms with Crippen molar-refractivity contribution in [1.82, 2.24) is 0 Å². The van der Waals surface area contributed by atoms with Gasteiger partial charge in [-0.1, -0.05) is 68.9 Å². The summed E-state index contributed by atoms with van der Waals surface area (Å²) >= 11 is 0. The lowest BCUT2D eigenvalue weighted by atomic mass is 9.89. The van der Waals surface area contributed by atoms with Gasteiger partial charge < -0.3 is 5.73 Å². The van der Waals surface area contributed by atoms with Crippen molar-refractivity contribution in [1.29, 1.82) is 0 Å². The van der Waals surface area contributed by atoms with Crippen LogP contribution < -0.4 is 5.73 Å². The van der Waals surface area contributed by atoms with Crippen LogP contribution >= 0.6 is 0 Å². The Hall–Kier alpha value is -0.820. The first-order valence-corrected chi connectivity index (χ1v) is 7.87. The van der Waals surface area contributed by atoms with E-state index < -0.39 is 0 Å². The molecule has 108 valence electrons. The molecule has 0 radical (unpaired) electrons. The lowest BCUT2D eigenvalue weighted by Crippen LogP contribution is -2.26. The molecule has 0 aliphatic carbocycles. The van der Waals surface area contributed by atoms with E-state index in [0.29, 0.717) is 6.04 Å². The Bertz CT molecular complexity index is 350. The van der Waals surface area contributed by atoms with Gasteiger partial charge in [0.15, 0.2) is 0 Å². The molecule has 0 aromatic heterocycles. The topological polar surface area (TPSA) is 26.0 Å². The zero-order valence-corrected chi connectivity index (χ0v) is 13.2. The van der Waals surface area contributed by atoms with Gasteiger partial charge in [-0.3, -0.25) is 0 Å². The van der Waals surface area contributed by atoms with Crippen LogP contribution in [0.2, 0.25) is 0 Å². The number of rotatable bonds is 8. The minimum Gasteiger partial charge on any atom is -0.327 e. The molecule has 1 aromatic carbocycles. The number of hydrogen-bond donors (Lipinski definition) is 1. The largest absolute Gasteiger partial charge is 0.327 e. The van der Waals surface area contributed by atoms with Crippen LogP contribution in [0.1, 0.15) is 62.6 Å². The van der Waals surface area contributed by atoms with E-state index in [4.69, 9.17) is 5.73 Å². The van der Waals surface area contributed by atoms with Crippen molar-refractivity contribution in [3.05, 3.63) is 34.9 Å². The van der Waals surface area contributed by atoms with Crippen LogP contribution in [0.5, 0.6) is 0 Å². The van der Waals surface area contributed by atoms with Gasteiger partial charge in [-0.2, -0.15) is 0 Å². The van der Waals surface area contributed by atoms with Crippen molar-refractivity contribution in [3.63, 3.8) is 0 Å². The number of benzene rings is 1. The summed E-state index contributed by atoms with van der Waals surface area (Å²) < 4.78 is 0. The third-order valence-corrected chi connectivity index (χ3v) is 3.96. The second-order valence-corrected chi connectivity index (χ2v) is 6.11. The second-order valence-electron chi connectivity index (χ2n) is 6.11. The van der Waals surface area contributed by atoms with Crippen molar-refractivity contribution in [2.45, 2.75) is 72.3 Å². The summed E-state index contributed by atoms with van der Waals surface area (Å²) in [7, 11) is 0. The molecule has 0 bridgehead atoms. The Morgan fingerprint density at radius 2 is 1.68 bits per heavy atom. The first kappa shape index (κ1) is 16.2. The summed E-state index contributed by atoms with van der Waals surface area (Å²) in [5.41, 5.74) is 10.4. The molecule has 0 heterocycles. The van der Waals surface area contributed by atoms with E-state index in [1.807, 2.05) is 0 Å². The highest BCUT2D eigenvalue weighted by Gasteiger charge is 2.12. The molecule has 19 heavy (non-hydrogen) atoms. The molecule has 1 rings (SSSR count). The van der Waals surface area contributed by atoms with Gasteiger partial charge in [0.1, 0.15) is 0 Å². The van der Waals surface area contributed by atoms with Crippen molar-refractivity contribution in [2.75, 3.05) is 0 Å². The predicted molar refractivity (Wildman–Crippen MR) is 85.5 cm³/mol. The Kier molecular flexibility index (Phi) is 7.15. The van der Waals surface area contributed by atoms with Crippen LogP contribution in [0.25, 0.3) is 0 Å². The van der Waals surface area contributed by atoms with Gasteiger partial charge in [-0.05, 0) is 38.2 Å². The molecule has 2 unspecified atom stereocenters. The van der Waals surface area contributed by atoms with Crippen molar-refractivity contribution >= 4 is 0 Å². The molecular weight excluding hydrogens is 230 g/mol. The number of hydrogen-bond acceptors (Lipinski definition) is 1. The molecule has 0 fully saturated rings. The van der Waals surface area contributed by atoms with Crippen LogP contribution in [0.3, 0.4) is 0 Å². The van der Waals surface area contributed by atoms with Gasteiger partial charge in [0, 0.05) is 6.04 Å². The SMILES string of the molecule is CCCCC(CC)CC(N)Cc1cc(C)cc(C)c1. The zero-order valence-electron chi connectivity index (χ0n) is 13.2. The van der Waals surface area contributed by atoms with Crippen molar-refractivity contribution in [2.24, 2.45) is 11.7 Å². The monoisotopic (exact) mass is 261 g/mol. The van der Waals surface area contributed by atoms with E-state index >= 15 is 0 Å². The molecule has 1 nitrogen and oxygen atoms in total. The van der Waals surface area contributed by atoms with Crippen molar-refractivity contribution in [3.8, 4) is 0 Å². The Balaban J connectivity index is 2.51. The fraction of sp³-hybridized carbons (Fsp3) is 0.667. The van der Waals surface area contributed by atoms with Gasteiger partial charge in [0.05, 0.1) is 0 Å². The fourth-order valence-electron chi connectivity index (χ4n) is 2.98. The van der Waals surface area contributed by atoms with Gasteiger partial charge in [-0.15, -0.1) is 0 Å². The summed E-state index contributed by atoms with van der Waals surface area (Å²) in [5, 5.41) is 0. The third-order valence-electron chi connectivity index (χ3n) is 3.96. The summed E-state index contributed by atoms with van der Waals surface area (Å²) in [6.07, 6.45) is 7.43. The summed E-state index contributed by atoms with van der Waals surface area (Å²) in [5.74, 6) is 0.806. The lowest BCUT2D eigenvalue weighted by molar-refractivity contribution is 0.383. The van der Waals surface area contributed by atoms with E-state index in [1.54, 1.807) is 0 Å². The summed E-state index contributed by atoms with van der Waals surface area (Å²) in [4.78, 5) is 0. The highest BCUT2D eigenvalue weighted by molar-refractivity contribution is 5.29. The van der Waals surface area contributed by atoms with Crippen LogP contribution in [-0.2, 0) is 6.42 Å². The van der Waals surface area contributed by atoms with Gasteiger partial charge in [0.2, 0.25) is 0 Å². The normalized spacial score (nSPS) is 14.4. The molecule has 0 saturated heterocycles. The van der Waals surface area contributed by atoms with Gasteiger partial charge in [0.25, 0.3) is 0 Å². The molecule has 0 aliphatic heterocycles. The third kappa shape index (κ3) is 6.24. The Morgan fingerprint density at radius 1 is 1.05 bits per heavy atom. The minimum absolute atomic E-state index is 0.308. The fourth-order valence-corrected chi connectivity index (χ4v) is 2.98. The molecule has 2 N–H and O–H groups in total. The Morgan fingerprint density at radius 3 is 2.21 bits per heavy atom. The maximum atomic E-state index is 6.35. The molecule has 0 spiro atoms. The first-order valence-electron chi connectivity index (χ1n) is 7.87. The summed E-state index contributed by atoms with van der Waals surface area (Å²) in [6, 6.07) is 7.09.